The smallest absolute Gasteiger partial charge is 0.335 e. The fourth-order valence-electron chi connectivity index (χ4n) is 3.73. The number of piperidine rings is 1. The van der Waals surface area contributed by atoms with Crippen LogP contribution < -0.4 is 5.32 Å². The van der Waals surface area contributed by atoms with Crippen LogP contribution >= 0.6 is 22.9 Å². The number of aliphatic imine (C=N–C) groups is 1. The minimum atomic E-state index is -3.32. The van der Waals surface area contributed by atoms with Crippen LogP contribution in [0.25, 0.3) is 0 Å². The lowest BCUT2D eigenvalue weighted by molar-refractivity contribution is -0.148. The van der Waals surface area contributed by atoms with Crippen molar-refractivity contribution in [3.63, 3.8) is 0 Å². The number of nitrogens with one attached hydrogen (secondary N) is 1. The number of nitrogens with zero attached hydrogens (tertiary/aromatic N) is 3. The van der Waals surface area contributed by atoms with E-state index in [0.29, 0.717) is 5.01 Å². The van der Waals surface area contributed by atoms with Crippen LogP contribution in [0.2, 0.25) is 5.02 Å². The van der Waals surface area contributed by atoms with E-state index >= 15 is 0 Å². The first kappa shape index (κ1) is 22.7. The van der Waals surface area contributed by atoms with E-state index in [1.54, 1.807) is 11.6 Å². The number of aromatic nitrogens is 1. The third-order valence-corrected chi connectivity index (χ3v) is 6.38. The molecule has 4 rings (SSSR count). The highest BCUT2D eigenvalue weighted by Crippen LogP contribution is 2.37. The Hall–Kier alpha value is -2.47. The minimum Gasteiger partial charge on any atom is -0.478 e. The molecule has 1 saturated heterocycles. The molecule has 2 aromatic rings. The van der Waals surface area contributed by atoms with Crippen molar-refractivity contribution >= 4 is 34.7 Å². The van der Waals surface area contributed by atoms with E-state index in [9.17, 15) is 28.2 Å². The van der Waals surface area contributed by atoms with Crippen LogP contribution in [0.4, 0.5) is 13.2 Å². The molecular weight excluding hydrogens is 469 g/mol. The number of amidine groups is 1. The van der Waals surface area contributed by atoms with Crippen molar-refractivity contribution in [2.24, 2.45) is 4.99 Å². The van der Waals surface area contributed by atoms with E-state index in [-0.39, 0.29) is 47.2 Å². The number of benzene rings is 1. The van der Waals surface area contributed by atoms with Crippen molar-refractivity contribution in [3.05, 3.63) is 62.5 Å². The lowest BCUT2D eigenvalue weighted by Gasteiger charge is -2.37. The van der Waals surface area contributed by atoms with Crippen LogP contribution in [-0.4, -0.2) is 63.6 Å². The number of carbonyl (C=O) groups is 1. The third kappa shape index (κ3) is 4.51. The number of carboxylic acid groups (broad SMARTS) is 1. The van der Waals surface area contributed by atoms with Crippen LogP contribution in [0, 0.1) is 5.82 Å². The Kier molecular flexibility index (Phi) is 6.26. The summed E-state index contributed by atoms with van der Waals surface area (Å²) in [4.78, 5) is 22.3. The Morgan fingerprint density at radius 1 is 1.41 bits per heavy atom. The Morgan fingerprint density at radius 3 is 2.81 bits per heavy atom. The van der Waals surface area contributed by atoms with Gasteiger partial charge in [0.05, 0.1) is 12.1 Å². The summed E-state index contributed by atoms with van der Waals surface area (Å²) in [6, 6.07) is 2.45. The van der Waals surface area contributed by atoms with E-state index in [4.69, 9.17) is 11.6 Å². The number of aliphatic hydroxyl groups excluding tert-OH is 1. The van der Waals surface area contributed by atoms with Gasteiger partial charge >= 0.3 is 5.97 Å². The highest BCUT2D eigenvalue weighted by Gasteiger charge is 2.44. The van der Waals surface area contributed by atoms with Crippen LogP contribution in [0.1, 0.15) is 23.0 Å². The van der Waals surface area contributed by atoms with Gasteiger partial charge < -0.3 is 15.5 Å². The zero-order valence-electron chi connectivity index (χ0n) is 16.4. The number of hydrogen-bond donors (Lipinski definition) is 3. The molecule has 2 aliphatic heterocycles. The first-order valence-electron chi connectivity index (χ1n) is 9.60. The number of alkyl halides is 2. The highest BCUT2D eigenvalue weighted by molar-refractivity contribution is 7.11. The van der Waals surface area contributed by atoms with Crippen LogP contribution in [0.5, 0.6) is 0 Å². The molecule has 3 heterocycles. The van der Waals surface area contributed by atoms with Gasteiger partial charge in [-0.3, -0.25) is 9.89 Å². The van der Waals surface area contributed by atoms with E-state index in [0.717, 1.165) is 12.1 Å². The summed E-state index contributed by atoms with van der Waals surface area (Å²) in [5.74, 6) is -4.97. The molecule has 1 aromatic carbocycles. The number of aliphatic carboxylic acids is 1. The molecule has 1 fully saturated rings. The predicted molar refractivity (Wildman–Crippen MR) is 113 cm³/mol. The first-order chi connectivity index (χ1) is 15.2. The molecule has 0 spiro atoms. The molecule has 2 aliphatic rings. The maximum atomic E-state index is 14.1. The topological polar surface area (TPSA) is 98.0 Å². The van der Waals surface area contributed by atoms with Crippen molar-refractivity contribution in [1.82, 2.24) is 15.2 Å². The summed E-state index contributed by atoms with van der Waals surface area (Å²) >= 11 is 7.46. The van der Waals surface area contributed by atoms with Gasteiger partial charge in [-0.05, 0) is 18.6 Å². The van der Waals surface area contributed by atoms with Crippen LogP contribution in [0.3, 0.4) is 0 Å². The molecule has 170 valence electrons. The maximum Gasteiger partial charge on any atom is 0.335 e. The Labute approximate surface area is 189 Å². The van der Waals surface area contributed by atoms with Crippen molar-refractivity contribution < 1.29 is 28.2 Å². The first-order valence-corrected chi connectivity index (χ1v) is 10.9. The Balaban J connectivity index is 1.77. The molecule has 3 N–H and O–H groups in total. The van der Waals surface area contributed by atoms with Crippen molar-refractivity contribution in [2.45, 2.75) is 24.5 Å². The van der Waals surface area contributed by atoms with Gasteiger partial charge in [0.2, 0.25) is 0 Å². The summed E-state index contributed by atoms with van der Waals surface area (Å²) in [5, 5.41) is 24.6. The molecule has 0 saturated carbocycles. The summed E-state index contributed by atoms with van der Waals surface area (Å²) in [5.41, 5.74) is 0.224. The largest absolute Gasteiger partial charge is 0.478 e. The average Bonchev–Trinajstić information content (AvgIpc) is 3.25. The molecule has 32 heavy (non-hydrogen) atoms. The summed E-state index contributed by atoms with van der Waals surface area (Å²) < 4.78 is 41.7. The zero-order valence-corrected chi connectivity index (χ0v) is 18.0. The van der Waals surface area contributed by atoms with E-state index in [1.807, 2.05) is 0 Å². The SMILES string of the molecule is O=C(O)C1=C(CN2CCC(O)C(F)(F)C2)NC(c2nccs2)=NC1c1ccc(F)cc1Cl. The van der Waals surface area contributed by atoms with Crippen molar-refractivity contribution in [2.75, 3.05) is 19.6 Å². The second-order valence-corrected chi connectivity index (χ2v) is 8.78. The van der Waals surface area contributed by atoms with Crippen LogP contribution in [0.15, 0.2) is 46.0 Å². The molecule has 1 aromatic heterocycles. The average molecular weight is 487 g/mol. The quantitative estimate of drug-likeness (QED) is 0.601. The molecule has 7 nitrogen and oxygen atoms in total. The van der Waals surface area contributed by atoms with Gasteiger partial charge in [0.1, 0.15) is 18.0 Å². The van der Waals surface area contributed by atoms with Gasteiger partial charge in [-0.2, -0.15) is 0 Å². The number of halogens is 4. The summed E-state index contributed by atoms with van der Waals surface area (Å²) in [6.45, 7) is -0.720. The van der Waals surface area contributed by atoms with Crippen molar-refractivity contribution in [3.8, 4) is 0 Å². The van der Waals surface area contributed by atoms with Gasteiger partial charge in [0, 0.05) is 40.9 Å². The Morgan fingerprint density at radius 2 is 2.19 bits per heavy atom. The molecule has 2 unspecified atom stereocenters. The second kappa shape index (κ2) is 8.81. The fraction of sp³-hybridized carbons (Fsp3) is 0.350. The van der Waals surface area contributed by atoms with Crippen LogP contribution in [-0.2, 0) is 4.79 Å². The molecular formula is C20H18ClF3N4O3S. The number of likely N-dealkylation sites (tertiary alicyclic amines) is 1. The van der Waals surface area contributed by atoms with Gasteiger partial charge in [-0.25, -0.2) is 22.9 Å². The van der Waals surface area contributed by atoms with E-state index < -0.39 is 36.4 Å². The minimum absolute atomic E-state index is 0.00938. The van der Waals surface area contributed by atoms with Gasteiger partial charge in [-0.1, -0.05) is 17.7 Å². The standard InChI is InChI=1S/C20H18ClF3N4O3S/c21-12-7-10(22)1-2-11(12)16-15(19(30)31)13(26-17(27-16)18-25-4-6-32-18)8-28-5-3-14(29)20(23,24)9-28/h1-2,4,6-7,14,16,29H,3,5,8-9H2,(H,26,27)(H,30,31). The molecule has 0 radical (unpaired) electrons. The number of rotatable bonds is 5. The molecule has 12 heteroatoms. The van der Waals surface area contributed by atoms with Crippen molar-refractivity contribution in [1.29, 1.82) is 0 Å². The number of hydrogen-bond acceptors (Lipinski definition) is 7. The fourth-order valence-corrected chi connectivity index (χ4v) is 4.58. The normalized spacial score (nSPS) is 23.6. The number of carboxylic acids is 1. The predicted octanol–water partition coefficient (Wildman–Crippen LogP) is 3.07. The Bertz CT molecular complexity index is 1090. The third-order valence-electron chi connectivity index (χ3n) is 5.27. The highest BCUT2D eigenvalue weighted by atomic mass is 35.5. The molecule has 0 bridgehead atoms. The van der Waals surface area contributed by atoms with E-state index in [1.165, 1.54) is 22.3 Å². The summed E-state index contributed by atoms with van der Waals surface area (Å²) in [7, 11) is 0. The monoisotopic (exact) mass is 486 g/mol. The molecule has 0 amide bonds. The molecule has 2 atom stereocenters. The maximum absolute atomic E-state index is 14.1. The van der Waals surface area contributed by atoms with E-state index in [2.05, 4.69) is 15.3 Å². The lowest BCUT2D eigenvalue weighted by Crippen LogP contribution is -2.53. The summed E-state index contributed by atoms with van der Waals surface area (Å²) in [6.07, 6.45) is -0.347. The number of thiazole rings is 1. The second-order valence-electron chi connectivity index (χ2n) is 7.48. The number of aliphatic hydroxyl groups is 1. The molecule has 0 aliphatic carbocycles. The van der Waals surface area contributed by atoms with Gasteiger partial charge in [0.15, 0.2) is 10.8 Å². The van der Waals surface area contributed by atoms with Gasteiger partial charge in [0.25, 0.3) is 5.92 Å². The van der Waals surface area contributed by atoms with Gasteiger partial charge in [-0.15, -0.1) is 11.3 Å². The lowest BCUT2D eigenvalue weighted by atomic mass is 9.94. The zero-order chi connectivity index (χ0) is 23.0.